The normalized spacial score (nSPS) is 22.0. The number of hydrogen-bond acceptors (Lipinski definition) is 10. The standard InChI is InChI=1S/C21H22F3N5O4S.ClH/c1-9-14(18-28-11-5-3-4-6-13(11)34-18)17(29-20(26-9)25-8-21(22,23)24)27-12-7-10(19(32)33-2)15(30)16(12)31;/h3-6,10,12,15-16,30-31H,7-8H2,1-2H3,(H2,25,26,27,29);1H/t10-,12+,15+,16-;/m0./s1. The molecule has 1 saturated carbocycles. The van der Waals surface area contributed by atoms with Crippen LogP contribution in [-0.2, 0) is 9.53 Å². The second-order valence-corrected chi connectivity index (χ2v) is 8.94. The fraction of sp³-hybridized carbons (Fsp3) is 0.429. The van der Waals surface area contributed by atoms with Crippen LogP contribution in [0.3, 0.4) is 0 Å². The van der Waals surface area contributed by atoms with E-state index in [2.05, 4.69) is 25.6 Å². The highest BCUT2D eigenvalue weighted by Gasteiger charge is 2.46. The number of nitrogens with zero attached hydrogens (tertiary/aromatic N) is 3. The van der Waals surface area contributed by atoms with E-state index in [1.165, 1.54) is 18.4 Å². The third kappa shape index (κ3) is 5.74. The van der Waals surface area contributed by atoms with Crippen LogP contribution in [-0.4, -0.2) is 69.2 Å². The number of halogens is 4. The number of aliphatic hydroxyl groups is 2. The second-order valence-electron chi connectivity index (χ2n) is 7.91. The molecule has 4 atom stereocenters. The van der Waals surface area contributed by atoms with Gasteiger partial charge < -0.3 is 25.6 Å². The van der Waals surface area contributed by atoms with Crippen molar-refractivity contribution in [3.05, 3.63) is 30.0 Å². The van der Waals surface area contributed by atoms with Crippen LogP contribution in [0.2, 0.25) is 0 Å². The maximum Gasteiger partial charge on any atom is 0.405 e. The molecule has 4 rings (SSSR count). The summed E-state index contributed by atoms with van der Waals surface area (Å²) in [6.45, 7) is 0.283. The van der Waals surface area contributed by atoms with Gasteiger partial charge in [-0.1, -0.05) is 12.1 Å². The quantitative estimate of drug-likeness (QED) is 0.353. The van der Waals surface area contributed by atoms with Gasteiger partial charge in [-0.05, 0) is 25.5 Å². The fourth-order valence-corrected chi connectivity index (χ4v) is 4.97. The topological polar surface area (TPSA) is 129 Å². The Bertz CT molecular complexity index is 1180. The van der Waals surface area contributed by atoms with E-state index in [1.54, 1.807) is 6.92 Å². The molecule has 1 aliphatic carbocycles. The average Bonchev–Trinajstić information content (AvgIpc) is 3.33. The summed E-state index contributed by atoms with van der Waals surface area (Å²) >= 11 is 1.35. The zero-order valence-electron chi connectivity index (χ0n) is 18.5. The Balaban J connectivity index is 0.00000342. The Kier molecular flexibility index (Phi) is 8.04. The van der Waals surface area contributed by atoms with Crippen LogP contribution in [0.15, 0.2) is 24.3 Å². The lowest BCUT2D eigenvalue weighted by atomic mass is 10.1. The number of anilines is 2. The van der Waals surface area contributed by atoms with E-state index in [0.29, 0.717) is 16.3 Å². The lowest BCUT2D eigenvalue weighted by Crippen LogP contribution is -2.36. The van der Waals surface area contributed by atoms with Crippen LogP contribution in [0.25, 0.3) is 20.8 Å². The summed E-state index contributed by atoms with van der Waals surface area (Å²) < 4.78 is 43.8. The van der Waals surface area contributed by atoms with Crippen molar-refractivity contribution >= 4 is 51.7 Å². The van der Waals surface area contributed by atoms with Crippen molar-refractivity contribution in [2.24, 2.45) is 5.92 Å². The van der Waals surface area contributed by atoms with Crippen LogP contribution in [0, 0.1) is 12.8 Å². The molecule has 190 valence electrons. The van der Waals surface area contributed by atoms with Crippen LogP contribution >= 0.6 is 23.7 Å². The molecule has 0 aliphatic heterocycles. The van der Waals surface area contributed by atoms with E-state index in [4.69, 9.17) is 4.74 Å². The molecule has 0 radical (unpaired) electrons. The number of rotatable bonds is 6. The van der Waals surface area contributed by atoms with Gasteiger partial charge in [0.15, 0.2) is 0 Å². The Labute approximate surface area is 208 Å². The highest BCUT2D eigenvalue weighted by molar-refractivity contribution is 7.21. The third-order valence-electron chi connectivity index (χ3n) is 5.55. The van der Waals surface area contributed by atoms with Crippen molar-refractivity contribution in [3.63, 3.8) is 0 Å². The number of alkyl halides is 3. The second kappa shape index (κ2) is 10.5. The maximum absolute atomic E-state index is 12.7. The van der Waals surface area contributed by atoms with Crippen molar-refractivity contribution in [2.45, 2.75) is 37.8 Å². The number of hydrogen-bond donors (Lipinski definition) is 4. The molecule has 14 heteroatoms. The Hall–Kier alpha value is -2.74. The molecule has 1 aliphatic rings. The van der Waals surface area contributed by atoms with Gasteiger partial charge >= 0.3 is 12.1 Å². The summed E-state index contributed by atoms with van der Waals surface area (Å²) in [5.41, 5.74) is 1.54. The summed E-state index contributed by atoms with van der Waals surface area (Å²) in [6.07, 6.45) is -7.16. The molecule has 0 saturated heterocycles. The lowest BCUT2D eigenvalue weighted by molar-refractivity contribution is -0.149. The maximum atomic E-state index is 12.7. The monoisotopic (exact) mass is 533 g/mol. The first-order chi connectivity index (χ1) is 16.1. The minimum absolute atomic E-state index is 0. The number of ether oxygens (including phenoxy) is 1. The van der Waals surface area contributed by atoms with Gasteiger partial charge in [0.1, 0.15) is 23.5 Å². The highest BCUT2D eigenvalue weighted by atomic mass is 35.5. The van der Waals surface area contributed by atoms with Gasteiger partial charge in [0.2, 0.25) is 5.95 Å². The van der Waals surface area contributed by atoms with E-state index in [1.807, 2.05) is 24.3 Å². The molecule has 0 unspecified atom stereocenters. The minimum atomic E-state index is -4.48. The molecule has 3 aromatic rings. The smallest absolute Gasteiger partial charge is 0.405 e. The van der Waals surface area contributed by atoms with Gasteiger partial charge in [0, 0.05) is 0 Å². The molecule has 0 bridgehead atoms. The number of nitrogens with one attached hydrogen (secondary N) is 2. The molecule has 1 aromatic carbocycles. The number of thiazole rings is 1. The highest BCUT2D eigenvalue weighted by Crippen LogP contribution is 2.38. The van der Waals surface area contributed by atoms with E-state index in [9.17, 15) is 28.2 Å². The number of carbonyl (C=O) groups excluding carboxylic acids is 1. The molecular formula is C21H23ClF3N5O4S. The summed E-state index contributed by atoms with van der Waals surface area (Å²) in [4.78, 5) is 25.0. The number of esters is 1. The van der Waals surface area contributed by atoms with Crippen molar-refractivity contribution in [2.75, 3.05) is 24.3 Å². The zero-order chi connectivity index (χ0) is 24.6. The van der Waals surface area contributed by atoms with Gasteiger partial charge in [-0.25, -0.2) is 9.97 Å². The summed E-state index contributed by atoms with van der Waals surface area (Å²) in [5.74, 6) is -1.78. The lowest BCUT2D eigenvalue weighted by Gasteiger charge is -2.21. The van der Waals surface area contributed by atoms with Crippen LogP contribution in [0.4, 0.5) is 24.9 Å². The predicted octanol–water partition coefficient (Wildman–Crippen LogP) is 3.15. The molecule has 35 heavy (non-hydrogen) atoms. The Morgan fingerprint density at radius 1 is 1.20 bits per heavy atom. The molecule has 1 fully saturated rings. The number of methoxy groups -OCH3 is 1. The van der Waals surface area contributed by atoms with Gasteiger partial charge in [-0.3, -0.25) is 4.79 Å². The largest absolute Gasteiger partial charge is 0.469 e. The van der Waals surface area contributed by atoms with Gasteiger partial charge in [0.25, 0.3) is 0 Å². The number of carbonyl (C=O) groups is 1. The fourth-order valence-electron chi connectivity index (χ4n) is 3.91. The molecule has 4 N–H and O–H groups in total. The number of para-hydroxylation sites is 1. The third-order valence-corrected chi connectivity index (χ3v) is 6.61. The number of fused-ring (bicyclic) bond motifs is 1. The zero-order valence-corrected chi connectivity index (χ0v) is 20.2. The molecule has 0 amide bonds. The molecular weight excluding hydrogens is 511 g/mol. The van der Waals surface area contributed by atoms with Crippen LogP contribution in [0.5, 0.6) is 0 Å². The molecule has 2 aromatic heterocycles. The Morgan fingerprint density at radius 2 is 1.91 bits per heavy atom. The summed E-state index contributed by atoms with van der Waals surface area (Å²) in [7, 11) is 1.18. The van der Waals surface area contributed by atoms with Gasteiger partial charge in [-0.15, -0.1) is 23.7 Å². The first-order valence-corrected chi connectivity index (χ1v) is 11.1. The summed E-state index contributed by atoms with van der Waals surface area (Å²) in [6, 6.07) is 6.59. The first-order valence-electron chi connectivity index (χ1n) is 10.3. The van der Waals surface area contributed by atoms with Crippen molar-refractivity contribution in [1.82, 2.24) is 15.0 Å². The minimum Gasteiger partial charge on any atom is -0.469 e. The number of aliphatic hydroxyl groups excluding tert-OH is 2. The molecule has 0 spiro atoms. The first kappa shape index (κ1) is 26.9. The SMILES string of the molecule is COC(=O)[C@H]1C[C@@H](Nc2nc(NCC(F)(F)F)nc(C)c2-c2nc3ccccc3s2)[C@H](O)[C@@H]1O.Cl. The molecule has 9 nitrogen and oxygen atoms in total. The average molecular weight is 534 g/mol. The van der Waals surface area contributed by atoms with E-state index in [0.717, 1.165) is 10.2 Å². The van der Waals surface area contributed by atoms with E-state index >= 15 is 0 Å². The van der Waals surface area contributed by atoms with E-state index < -0.39 is 42.9 Å². The Morgan fingerprint density at radius 3 is 2.57 bits per heavy atom. The summed E-state index contributed by atoms with van der Waals surface area (Å²) in [5, 5.41) is 26.5. The van der Waals surface area contributed by atoms with Gasteiger partial charge in [0.05, 0.1) is 46.6 Å². The number of benzene rings is 1. The van der Waals surface area contributed by atoms with Gasteiger partial charge in [-0.2, -0.15) is 18.2 Å². The van der Waals surface area contributed by atoms with Crippen LogP contribution in [0.1, 0.15) is 12.1 Å². The number of aryl methyl sites for hydroxylation is 1. The molecule has 2 heterocycles. The van der Waals surface area contributed by atoms with Crippen molar-refractivity contribution < 1.29 is 32.9 Å². The van der Waals surface area contributed by atoms with Crippen molar-refractivity contribution in [3.8, 4) is 10.6 Å². The van der Waals surface area contributed by atoms with E-state index in [-0.39, 0.29) is 30.6 Å². The predicted molar refractivity (Wildman–Crippen MR) is 127 cm³/mol. The number of aromatic nitrogens is 3. The van der Waals surface area contributed by atoms with Crippen molar-refractivity contribution in [1.29, 1.82) is 0 Å². The van der Waals surface area contributed by atoms with Crippen LogP contribution < -0.4 is 10.6 Å².